The lowest BCUT2D eigenvalue weighted by Crippen LogP contribution is -2.41. The molecule has 0 saturated heterocycles. The zero-order valence-corrected chi connectivity index (χ0v) is 13.7. The maximum Gasteiger partial charge on any atom is 0.274 e. The molecule has 3 rings (SSSR count). The van der Waals surface area contributed by atoms with Crippen molar-refractivity contribution in [2.75, 3.05) is 19.8 Å². The predicted molar refractivity (Wildman–Crippen MR) is 84.7 cm³/mol. The van der Waals surface area contributed by atoms with Crippen LogP contribution in [0.5, 0.6) is 5.75 Å². The molecule has 0 radical (unpaired) electrons. The highest BCUT2D eigenvalue weighted by molar-refractivity contribution is 5.95. The molecule has 2 amide bonds. The van der Waals surface area contributed by atoms with Crippen molar-refractivity contribution in [1.29, 1.82) is 0 Å². The van der Waals surface area contributed by atoms with Gasteiger partial charge in [-0.05, 0) is 31.6 Å². The monoisotopic (exact) mass is 332 g/mol. The van der Waals surface area contributed by atoms with E-state index in [-0.39, 0.29) is 11.9 Å². The average Bonchev–Trinajstić information content (AvgIpc) is 2.94. The molecule has 7 heteroatoms. The van der Waals surface area contributed by atoms with E-state index < -0.39 is 5.91 Å². The van der Waals surface area contributed by atoms with Crippen molar-refractivity contribution in [3.8, 4) is 5.75 Å². The Hall–Kier alpha value is -2.38. The van der Waals surface area contributed by atoms with Crippen molar-refractivity contribution in [1.82, 2.24) is 10.4 Å². The van der Waals surface area contributed by atoms with Crippen molar-refractivity contribution in [2.24, 2.45) is 0 Å². The number of rotatable bonds is 2. The van der Waals surface area contributed by atoms with E-state index in [1.165, 1.54) is 0 Å². The molecule has 0 aromatic heterocycles. The van der Waals surface area contributed by atoms with Crippen LogP contribution in [0.4, 0.5) is 0 Å². The molecule has 2 aliphatic rings. The minimum Gasteiger partial charge on any atom is -0.491 e. The van der Waals surface area contributed by atoms with Gasteiger partial charge in [0.1, 0.15) is 12.4 Å². The van der Waals surface area contributed by atoms with Gasteiger partial charge in [-0.1, -0.05) is 6.07 Å². The van der Waals surface area contributed by atoms with Gasteiger partial charge in [0, 0.05) is 16.7 Å². The summed E-state index contributed by atoms with van der Waals surface area (Å²) >= 11 is 0. The third-order valence-electron chi connectivity index (χ3n) is 4.38. The van der Waals surface area contributed by atoms with Gasteiger partial charge in [0.05, 0.1) is 25.8 Å². The van der Waals surface area contributed by atoms with Crippen LogP contribution in [0, 0.1) is 0 Å². The first-order chi connectivity index (χ1) is 11.5. The lowest BCUT2D eigenvalue weighted by Gasteiger charge is -2.27. The summed E-state index contributed by atoms with van der Waals surface area (Å²) in [6.45, 7) is 5.40. The number of ether oxygens (including phenoxy) is 2. The number of nitrogens with zero attached hydrogens (tertiary/aromatic N) is 1. The highest BCUT2D eigenvalue weighted by atomic mass is 16.5. The van der Waals surface area contributed by atoms with Crippen LogP contribution in [-0.4, -0.2) is 47.8 Å². The standard InChI is InChI=1S/C17H20N2O5/c1-10-7-23-9-14(10)17(21)19-6-13-4-3-12(16(20)18-22)5-15(13)24-8-11(19)2/h3-5,11,22H,6-9H2,1-2H3,(H,18,20)/t11-/m0/s1. The summed E-state index contributed by atoms with van der Waals surface area (Å²) in [6.07, 6.45) is 0. The van der Waals surface area contributed by atoms with E-state index in [1.807, 2.05) is 13.8 Å². The van der Waals surface area contributed by atoms with E-state index in [0.717, 1.165) is 11.1 Å². The van der Waals surface area contributed by atoms with Gasteiger partial charge in [-0.25, -0.2) is 5.48 Å². The fourth-order valence-corrected chi connectivity index (χ4v) is 2.87. The molecule has 0 aliphatic carbocycles. The van der Waals surface area contributed by atoms with Gasteiger partial charge in [-0.3, -0.25) is 14.8 Å². The van der Waals surface area contributed by atoms with Gasteiger partial charge in [0.15, 0.2) is 0 Å². The smallest absolute Gasteiger partial charge is 0.274 e. The summed E-state index contributed by atoms with van der Waals surface area (Å²) in [5.74, 6) is -0.0896. The molecule has 0 bridgehead atoms. The fourth-order valence-electron chi connectivity index (χ4n) is 2.87. The van der Waals surface area contributed by atoms with Gasteiger partial charge in [-0.2, -0.15) is 0 Å². The molecule has 2 heterocycles. The minimum absolute atomic E-state index is 0.0360. The first-order valence-corrected chi connectivity index (χ1v) is 7.78. The Morgan fingerprint density at radius 2 is 2.12 bits per heavy atom. The lowest BCUT2D eigenvalue weighted by molar-refractivity contribution is -0.130. The van der Waals surface area contributed by atoms with Crippen molar-refractivity contribution in [2.45, 2.75) is 26.4 Å². The maximum absolute atomic E-state index is 12.8. The molecule has 1 aromatic rings. The van der Waals surface area contributed by atoms with E-state index >= 15 is 0 Å². The number of hydrogen-bond acceptors (Lipinski definition) is 5. The number of carbonyl (C=O) groups is 2. The van der Waals surface area contributed by atoms with E-state index in [4.69, 9.17) is 14.7 Å². The lowest BCUT2D eigenvalue weighted by atomic mass is 10.1. The van der Waals surface area contributed by atoms with Crippen LogP contribution in [0.25, 0.3) is 0 Å². The predicted octanol–water partition coefficient (Wildman–Crippen LogP) is 1.26. The maximum atomic E-state index is 12.8. The van der Waals surface area contributed by atoms with Crippen molar-refractivity contribution < 1.29 is 24.3 Å². The quantitative estimate of drug-likeness (QED) is 0.629. The second kappa shape index (κ2) is 6.62. The Morgan fingerprint density at radius 3 is 2.79 bits per heavy atom. The molecular weight excluding hydrogens is 312 g/mol. The summed E-state index contributed by atoms with van der Waals surface area (Å²) in [5.41, 5.74) is 4.39. The third kappa shape index (κ3) is 3.00. The van der Waals surface area contributed by atoms with Gasteiger partial charge < -0.3 is 14.4 Å². The summed E-state index contributed by atoms with van der Waals surface area (Å²) in [4.78, 5) is 26.1. The summed E-state index contributed by atoms with van der Waals surface area (Å²) < 4.78 is 11.1. The first-order valence-electron chi connectivity index (χ1n) is 7.78. The number of hydrogen-bond donors (Lipinski definition) is 2. The van der Waals surface area contributed by atoms with Crippen molar-refractivity contribution in [3.63, 3.8) is 0 Å². The van der Waals surface area contributed by atoms with Crippen LogP contribution < -0.4 is 10.2 Å². The molecule has 0 saturated carbocycles. The first kappa shape index (κ1) is 16.5. The van der Waals surface area contributed by atoms with Gasteiger partial charge in [-0.15, -0.1) is 0 Å². The molecular formula is C17H20N2O5. The van der Waals surface area contributed by atoms with E-state index in [9.17, 15) is 9.59 Å². The van der Waals surface area contributed by atoms with Crippen LogP contribution in [0.2, 0.25) is 0 Å². The molecule has 1 atom stereocenters. The summed E-state index contributed by atoms with van der Waals surface area (Å²) in [7, 11) is 0. The molecule has 7 nitrogen and oxygen atoms in total. The normalized spacial score (nSPS) is 20.3. The summed E-state index contributed by atoms with van der Waals surface area (Å²) in [5, 5.41) is 8.74. The van der Waals surface area contributed by atoms with E-state index in [0.29, 0.717) is 43.3 Å². The van der Waals surface area contributed by atoms with Crippen molar-refractivity contribution in [3.05, 3.63) is 40.5 Å². The second-order valence-corrected chi connectivity index (χ2v) is 6.11. The van der Waals surface area contributed by atoms with Crippen molar-refractivity contribution >= 4 is 11.8 Å². The Bertz CT molecular complexity index is 713. The molecule has 128 valence electrons. The van der Waals surface area contributed by atoms with E-state index in [2.05, 4.69) is 0 Å². The Kier molecular flexibility index (Phi) is 4.55. The largest absolute Gasteiger partial charge is 0.491 e. The number of nitrogens with one attached hydrogen (secondary N) is 1. The zero-order valence-electron chi connectivity index (χ0n) is 13.7. The van der Waals surface area contributed by atoms with Gasteiger partial charge in [0.25, 0.3) is 11.8 Å². The second-order valence-electron chi connectivity index (χ2n) is 6.11. The number of benzene rings is 1. The third-order valence-corrected chi connectivity index (χ3v) is 4.38. The zero-order chi connectivity index (χ0) is 17.3. The fraction of sp³-hybridized carbons (Fsp3) is 0.412. The Balaban J connectivity index is 1.88. The van der Waals surface area contributed by atoms with Gasteiger partial charge in [0.2, 0.25) is 0 Å². The molecule has 2 N–H and O–H groups in total. The molecule has 0 spiro atoms. The van der Waals surface area contributed by atoms with Crippen LogP contribution >= 0.6 is 0 Å². The van der Waals surface area contributed by atoms with Crippen LogP contribution in [0.3, 0.4) is 0 Å². The molecule has 24 heavy (non-hydrogen) atoms. The minimum atomic E-state index is -0.601. The topological polar surface area (TPSA) is 88.1 Å². The Labute approximate surface area is 139 Å². The summed E-state index contributed by atoms with van der Waals surface area (Å²) in [6, 6.07) is 4.80. The average molecular weight is 332 g/mol. The molecule has 0 fully saturated rings. The van der Waals surface area contributed by atoms with Crippen LogP contribution in [0.15, 0.2) is 29.3 Å². The van der Waals surface area contributed by atoms with Gasteiger partial charge >= 0.3 is 0 Å². The highest BCUT2D eigenvalue weighted by Crippen LogP contribution is 2.28. The van der Waals surface area contributed by atoms with Crippen LogP contribution in [-0.2, 0) is 16.1 Å². The number of fused-ring (bicyclic) bond motifs is 1. The molecule has 2 aliphatic heterocycles. The number of amides is 2. The Morgan fingerprint density at radius 1 is 1.33 bits per heavy atom. The SMILES string of the molecule is CC1=C(C(=O)N2Cc3ccc(C(=O)NO)cc3OC[C@@H]2C)COC1. The number of hydroxylamine groups is 1. The van der Waals surface area contributed by atoms with E-state index in [1.54, 1.807) is 28.6 Å². The molecule has 0 unspecified atom stereocenters. The highest BCUT2D eigenvalue weighted by Gasteiger charge is 2.30. The van der Waals surface area contributed by atoms with Crippen LogP contribution in [0.1, 0.15) is 29.8 Å². The number of carbonyl (C=O) groups excluding carboxylic acids is 2. The molecule has 1 aromatic carbocycles.